The maximum absolute atomic E-state index is 6.12. The summed E-state index contributed by atoms with van der Waals surface area (Å²) in [5.41, 5.74) is 19.0. The summed E-state index contributed by atoms with van der Waals surface area (Å²) in [4.78, 5) is 8.88. The first-order chi connectivity index (χ1) is 19.4. The first kappa shape index (κ1) is 30.4. The molecule has 6 heterocycles. The van der Waals surface area contributed by atoms with Crippen LogP contribution in [0.3, 0.4) is 0 Å². The Balaban J connectivity index is 0.000000174. The van der Waals surface area contributed by atoms with Gasteiger partial charge in [0.25, 0.3) is 0 Å². The van der Waals surface area contributed by atoms with Crippen molar-refractivity contribution in [1.29, 1.82) is 0 Å². The predicted molar refractivity (Wildman–Crippen MR) is 178 cm³/mol. The van der Waals surface area contributed by atoms with Crippen LogP contribution in [-0.4, -0.2) is 36.1 Å². The molecule has 0 aromatic carbocycles. The zero-order valence-corrected chi connectivity index (χ0v) is 26.6. The Morgan fingerprint density at radius 1 is 0.800 bits per heavy atom. The number of piperidine rings is 1. The predicted octanol–water partition coefficient (Wildman–Crippen LogP) is 7.87. The fourth-order valence-corrected chi connectivity index (χ4v) is 8.19. The van der Waals surface area contributed by atoms with Gasteiger partial charge in [-0.05, 0) is 89.7 Å². The topological polar surface area (TPSA) is 102 Å². The van der Waals surface area contributed by atoms with E-state index in [1.807, 2.05) is 37.6 Å². The Kier molecular flexibility index (Phi) is 10.6. The van der Waals surface area contributed by atoms with Crippen LogP contribution >= 0.6 is 22.7 Å². The number of hydrogen-bond donors (Lipinski definition) is 4. The largest absolute Gasteiger partial charge is 0.383 e. The van der Waals surface area contributed by atoms with E-state index in [0.717, 1.165) is 38.0 Å². The van der Waals surface area contributed by atoms with E-state index in [-0.39, 0.29) is 0 Å². The van der Waals surface area contributed by atoms with Gasteiger partial charge in [0.05, 0.1) is 0 Å². The molecule has 4 aromatic rings. The van der Waals surface area contributed by atoms with Crippen molar-refractivity contribution in [2.45, 2.75) is 78.6 Å². The van der Waals surface area contributed by atoms with Gasteiger partial charge in [0, 0.05) is 44.7 Å². The first-order valence-electron chi connectivity index (χ1n) is 14.8. The molecule has 0 saturated carbocycles. The first-order valence-corrected chi connectivity index (χ1v) is 16.5. The number of nitrogens with one attached hydrogen (secondary N) is 2. The van der Waals surface area contributed by atoms with E-state index < -0.39 is 0 Å². The van der Waals surface area contributed by atoms with Crippen molar-refractivity contribution < 1.29 is 0 Å². The Labute approximate surface area is 247 Å². The van der Waals surface area contributed by atoms with Crippen LogP contribution in [0.15, 0.2) is 29.2 Å². The monoisotopic (exact) mass is 578 g/mol. The number of fused-ring (bicyclic) bond motifs is 2. The second kappa shape index (κ2) is 13.9. The molecular formula is C32H46N6S2. The molecule has 6 rings (SSSR count). The Hall–Kier alpha value is -2.52. The van der Waals surface area contributed by atoms with Crippen LogP contribution in [0.4, 0.5) is 11.6 Å². The van der Waals surface area contributed by atoms with Gasteiger partial charge in [-0.3, -0.25) is 0 Å². The third-order valence-corrected chi connectivity index (χ3v) is 9.85. The fourth-order valence-electron chi connectivity index (χ4n) is 5.57. The van der Waals surface area contributed by atoms with Crippen LogP contribution in [0.2, 0.25) is 0 Å². The minimum atomic E-state index is 0.482. The quantitative estimate of drug-likeness (QED) is 0.196. The molecule has 40 heavy (non-hydrogen) atoms. The summed E-state index contributed by atoms with van der Waals surface area (Å²) < 4.78 is 2.66. The van der Waals surface area contributed by atoms with Crippen molar-refractivity contribution in [3.05, 3.63) is 51.5 Å². The van der Waals surface area contributed by atoms with Crippen LogP contribution < -0.4 is 22.1 Å². The van der Waals surface area contributed by atoms with Gasteiger partial charge in [-0.2, -0.15) is 0 Å². The van der Waals surface area contributed by atoms with E-state index >= 15 is 0 Å². The third-order valence-electron chi connectivity index (χ3n) is 7.77. The number of nitrogens with zero attached hydrogens (tertiary/aromatic N) is 2. The van der Waals surface area contributed by atoms with Crippen LogP contribution in [0.5, 0.6) is 0 Å². The zero-order chi connectivity index (χ0) is 28.8. The molecule has 8 heteroatoms. The number of aromatic nitrogens is 2. The number of anilines is 2. The lowest BCUT2D eigenvalue weighted by atomic mass is 9.90. The maximum atomic E-state index is 6.12. The second-order valence-electron chi connectivity index (χ2n) is 11.0. The van der Waals surface area contributed by atoms with Gasteiger partial charge in [-0.1, -0.05) is 47.6 Å². The average molecular weight is 579 g/mol. The summed E-state index contributed by atoms with van der Waals surface area (Å²) in [6.45, 7) is 17.1. The molecule has 4 aromatic heterocycles. The van der Waals surface area contributed by atoms with Crippen LogP contribution in [-0.2, 0) is 0 Å². The van der Waals surface area contributed by atoms with Gasteiger partial charge in [0.15, 0.2) is 0 Å². The summed E-state index contributed by atoms with van der Waals surface area (Å²) in [6.07, 6.45) is 9.69. The molecule has 6 nitrogen and oxygen atoms in total. The molecule has 1 fully saturated rings. The van der Waals surface area contributed by atoms with Gasteiger partial charge in [0.1, 0.15) is 11.6 Å². The minimum absolute atomic E-state index is 0.482. The lowest BCUT2D eigenvalue weighted by molar-refractivity contribution is 0.462. The second-order valence-corrected chi connectivity index (χ2v) is 12.7. The summed E-state index contributed by atoms with van der Waals surface area (Å²) >= 11 is 3.63. The number of nitrogen functional groups attached to an aromatic ring is 2. The number of thiophene rings is 2. The number of nitrogens with two attached hydrogens (primary N) is 2. The lowest BCUT2D eigenvalue weighted by Crippen LogP contribution is -2.26. The van der Waals surface area contributed by atoms with E-state index in [4.69, 9.17) is 11.5 Å². The SMILES string of the molecule is CC.CC(C)c1csc2c(C3=CCNCC3)cnc(N)c12.CC(C)c1csc2c(C3CCNCC3)cnc(N)c12. The minimum Gasteiger partial charge on any atom is -0.383 e. The summed E-state index contributed by atoms with van der Waals surface area (Å²) in [6, 6.07) is 0. The molecule has 0 unspecified atom stereocenters. The fraction of sp³-hybridized carbons (Fsp3) is 0.500. The molecule has 0 bridgehead atoms. The molecule has 2 aliphatic rings. The highest BCUT2D eigenvalue weighted by molar-refractivity contribution is 7.18. The van der Waals surface area contributed by atoms with Gasteiger partial charge in [0.2, 0.25) is 0 Å². The molecule has 6 N–H and O–H groups in total. The van der Waals surface area contributed by atoms with Crippen molar-refractivity contribution in [3.63, 3.8) is 0 Å². The average Bonchev–Trinajstić information content (AvgIpc) is 3.63. The molecule has 1 saturated heterocycles. The molecule has 0 amide bonds. The van der Waals surface area contributed by atoms with E-state index in [9.17, 15) is 0 Å². The van der Waals surface area contributed by atoms with Crippen LogP contribution in [0.1, 0.15) is 101 Å². The Bertz CT molecular complexity index is 1440. The molecule has 0 radical (unpaired) electrons. The number of rotatable bonds is 4. The summed E-state index contributed by atoms with van der Waals surface area (Å²) in [7, 11) is 0. The normalized spacial score (nSPS) is 16.1. The van der Waals surface area contributed by atoms with Crippen LogP contribution in [0, 0.1) is 0 Å². The highest BCUT2D eigenvalue weighted by Crippen LogP contribution is 2.41. The molecule has 0 aliphatic carbocycles. The van der Waals surface area contributed by atoms with Crippen molar-refractivity contribution >= 4 is 60.1 Å². The van der Waals surface area contributed by atoms with Crippen LogP contribution in [0.25, 0.3) is 25.7 Å². The van der Waals surface area contributed by atoms with E-state index in [1.54, 1.807) is 11.3 Å². The van der Waals surface area contributed by atoms with Gasteiger partial charge < -0.3 is 22.1 Å². The van der Waals surface area contributed by atoms with Gasteiger partial charge in [-0.15, -0.1) is 22.7 Å². The lowest BCUT2D eigenvalue weighted by Gasteiger charge is -2.23. The summed E-state index contributed by atoms with van der Waals surface area (Å²) in [5, 5.41) is 13.6. The Morgan fingerprint density at radius 2 is 1.38 bits per heavy atom. The molecule has 0 spiro atoms. The van der Waals surface area contributed by atoms with Crippen molar-refractivity contribution in [1.82, 2.24) is 20.6 Å². The standard InChI is InChI=1S/C15H21N3S.C15H19N3S.C2H6/c2*1-9(2)12-8-19-14-11(7-18-15(16)13(12)14)10-3-5-17-6-4-10;1-2/h7-10,17H,3-6H2,1-2H3,(H2,16,18);3,7-9,17H,4-6H2,1-2H3,(H2,16,18);1-2H3. The van der Waals surface area contributed by atoms with E-state index in [0.29, 0.717) is 29.4 Å². The van der Waals surface area contributed by atoms with E-state index in [2.05, 4.69) is 65.1 Å². The molecular weight excluding hydrogens is 533 g/mol. The van der Waals surface area contributed by atoms with E-state index in [1.165, 1.54) is 55.5 Å². The summed E-state index contributed by atoms with van der Waals surface area (Å²) in [5.74, 6) is 2.97. The number of hydrogen-bond acceptors (Lipinski definition) is 8. The molecule has 216 valence electrons. The van der Waals surface area contributed by atoms with Crippen molar-refractivity contribution in [2.75, 3.05) is 37.6 Å². The van der Waals surface area contributed by atoms with Gasteiger partial charge >= 0.3 is 0 Å². The highest BCUT2D eigenvalue weighted by Gasteiger charge is 2.22. The third kappa shape index (κ3) is 6.35. The van der Waals surface area contributed by atoms with Crippen molar-refractivity contribution in [3.8, 4) is 0 Å². The Morgan fingerprint density at radius 3 is 1.95 bits per heavy atom. The zero-order valence-electron chi connectivity index (χ0n) is 24.9. The molecule has 2 aliphatic heterocycles. The van der Waals surface area contributed by atoms with Gasteiger partial charge in [-0.25, -0.2) is 9.97 Å². The highest BCUT2D eigenvalue weighted by atomic mass is 32.1. The maximum Gasteiger partial charge on any atom is 0.132 e. The smallest absolute Gasteiger partial charge is 0.132 e. The molecule has 0 atom stereocenters. The number of pyridine rings is 2. The van der Waals surface area contributed by atoms with Crippen molar-refractivity contribution in [2.24, 2.45) is 0 Å².